The number of carbonyl (C=O) groups excluding carboxylic acids is 4. The molecule has 1 aromatic rings. The highest BCUT2D eigenvalue weighted by Crippen LogP contribution is 2.29. The molecule has 3 heterocycles. The van der Waals surface area contributed by atoms with Crippen LogP contribution in [-0.4, -0.2) is 54.2 Å². The molecule has 3 N–H and O–H groups in total. The Balaban J connectivity index is 1.45. The Bertz CT molecular complexity index is 853. The van der Waals surface area contributed by atoms with Crippen molar-refractivity contribution in [3.05, 3.63) is 29.3 Å². The maximum absolute atomic E-state index is 12.8. The molecule has 0 radical (unpaired) electrons. The van der Waals surface area contributed by atoms with Crippen LogP contribution >= 0.6 is 0 Å². The van der Waals surface area contributed by atoms with Crippen LogP contribution in [0.1, 0.15) is 46.9 Å². The molecule has 0 saturated carbocycles. The maximum atomic E-state index is 12.8. The molecule has 4 rings (SSSR count). The van der Waals surface area contributed by atoms with Gasteiger partial charge in [0.2, 0.25) is 11.8 Å². The van der Waals surface area contributed by atoms with Crippen molar-refractivity contribution in [3.8, 4) is 0 Å². The summed E-state index contributed by atoms with van der Waals surface area (Å²) in [6.07, 6.45) is 1.31. The van der Waals surface area contributed by atoms with E-state index in [2.05, 4.69) is 22.9 Å². The van der Waals surface area contributed by atoms with Gasteiger partial charge in [0.1, 0.15) is 6.04 Å². The van der Waals surface area contributed by atoms with E-state index in [4.69, 9.17) is 0 Å². The average Bonchev–Trinajstić information content (AvgIpc) is 3.17. The number of amides is 4. The first kappa shape index (κ1) is 18.6. The van der Waals surface area contributed by atoms with Gasteiger partial charge < -0.3 is 10.6 Å². The zero-order valence-electron chi connectivity index (χ0n) is 15.8. The van der Waals surface area contributed by atoms with Crippen LogP contribution in [0.3, 0.4) is 0 Å². The summed E-state index contributed by atoms with van der Waals surface area (Å²) in [7, 11) is 0. The van der Waals surface area contributed by atoms with Crippen molar-refractivity contribution in [2.75, 3.05) is 25.0 Å². The van der Waals surface area contributed by atoms with E-state index in [1.54, 1.807) is 18.2 Å². The van der Waals surface area contributed by atoms with E-state index >= 15 is 0 Å². The van der Waals surface area contributed by atoms with Crippen LogP contribution in [0.15, 0.2) is 18.2 Å². The van der Waals surface area contributed by atoms with Gasteiger partial charge in [-0.3, -0.25) is 29.4 Å². The lowest BCUT2D eigenvalue weighted by Gasteiger charge is -2.27. The highest BCUT2D eigenvalue weighted by atomic mass is 16.2. The maximum Gasteiger partial charge on any atom is 0.262 e. The van der Waals surface area contributed by atoms with E-state index in [9.17, 15) is 19.2 Å². The number of hydrogen-bond donors (Lipinski definition) is 3. The van der Waals surface area contributed by atoms with Crippen molar-refractivity contribution in [1.82, 2.24) is 15.5 Å². The summed E-state index contributed by atoms with van der Waals surface area (Å²) in [6.45, 7) is 5.11. The van der Waals surface area contributed by atoms with E-state index in [-0.39, 0.29) is 18.7 Å². The minimum atomic E-state index is -0.933. The molecule has 1 unspecified atom stereocenters. The summed E-state index contributed by atoms with van der Waals surface area (Å²) in [6, 6.07) is 4.16. The molecule has 8 nitrogen and oxygen atoms in total. The van der Waals surface area contributed by atoms with Gasteiger partial charge >= 0.3 is 0 Å². The Kier molecular flexibility index (Phi) is 4.89. The summed E-state index contributed by atoms with van der Waals surface area (Å²) in [5.74, 6) is -0.644. The summed E-state index contributed by atoms with van der Waals surface area (Å²) in [5, 5.41) is 8.92. The highest BCUT2D eigenvalue weighted by Gasteiger charge is 2.44. The van der Waals surface area contributed by atoms with Gasteiger partial charge in [0.15, 0.2) is 0 Å². The smallest absolute Gasteiger partial charge is 0.262 e. The lowest BCUT2D eigenvalue weighted by molar-refractivity contribution is -0.136. The van der Waals surface area contributed by atoms with Crippen LogP contribution in [0.2, 0.25) is 0 Å². The second-order valence-corrected chi connectivity index (χ2v) is 7.82. The van der Waals surface area contributed by atoms with Crippen molar-refractivity contribution in [2.24, 2.45) is 11.8 Å². The van der Waals surface area contributed by atoms with Crippen molar-refractivity contribution in [1.29, 1.82) is 0 Å². The standard InChI is InChI=1S/C20H24N4O4/c1-11-9-21-10-12(11)6-7-22-13-2-3-14-15(8-13)20(28)24(19(14)27)16-4-5-17(25)23-18(16)26/h2-3,8,11-12,16,21-22H,4-7,9-10H2,1H3,(H,23,25,26)/t11-,12-,16?/m1/s1. The van der Waals surface area contributed by atoms with Crippen LogP contribution in [-0.2, 0) is 9.59 Å². The molecule has 0 aliphatic carbocycles. The first-order chi connectivity index (χ1) is 13.5. The minimum Gasteiger partial charge on any atom is -0.385 e. The van der Waals surface area contributed by atoms with Crippen LogP contribution in [0.5, 0.6) is 0 Å². The van der Waals surface area contributed by atoms with Crippen LogP contribution in [0, 0.1) is 11.8 Å². The Labute approximate surface area is 163 Å². The number of benzene rings is 1. The normalized spacial score (nSPS) is 27.2. The molecule has 1 aromatic carbocycles. The molecule has 0 aromatic heterocycles. The number of imide groups is 2. The van der Waals surface area contributed by atoms with Gasteiger partial charge in [0.05, 0.1) is 11.1 Å². The second-order valence-electron chi connectivity index (χ2n) is 7.82. The van der Waals surface area contributed by atoms with Crippen LogP contribution < -0.4 is 16.0 Å². The fourth-order valence-electron chi connectivity index (χ4n) is 4.23. The molecule has 8 heteroatoms. The monoisotopic (exact) mass is 384 g/mol. The molecule has 3 aliphatic rings. The Morgan fingerprint density at radius 3 is 2.61 bits per heavy atom. The quantitative estimate of drug-likeness (QED) is 0.647. The molecular weight excluding hydrogens is 360 g/mol. The molecule has 148 valence electrons. The average molecular weight is 384 g/mol. The summed E-state index contributed by atoms with van der Waals surface area (Å²) >= 11 is 0. The summed E-state index contributed by atoms with van der Waals surface area (Å²) in [4.78, 5) is 49.9. The number of fused-ring (bicyclic) bond motifs is 1. The molecule has 0 spiro atoms. The molecule has 4 amide bonds. The van der Waals surface area contributed by atoms with Crippen LogP contribution in [0.25, 0.3) is 0 Å². The third kappa shape index (κ3) is 3.28. The van der Waals surface area contributed by atoms with Crippen molar-refractivity contribution < 1.29 is 19.2 Å². The number of anilines is 1. The van der Waals surface area contributed by atoms with Crippen molar-refractivity contribution in [3.63, 3.8) is 0 Å². The number of piperidine rings is 1. The lowest BCUT2D eigenvalue weighted by atomic mass is 9.95. The van der Waals surface area contributed by atoms with Gasteiger partial charge in [0.25, 0.3) is 11.8 Å². The van der Waals surface area contributed by atoms with Crippen LogP contribution in [0.4, 0.5) is 5.69 Å². The third-order valence-corrected chi connectivity index (χ3v) is 5.96. The van der Waals surface area contributed by atoms with E-state index in [0.29, 0.717) is 23.0 Å². The van der Waals surface area contributed by atoms with Crippen molar-refractivity contribution >= 4 is 29.3 Å². The first-order valence-electron chi connectivity index (χ1n) is 9.76. The number of nitrogens with zero attached hydrogens (tertiary/aromatic N) is 1. The fraction of sp³-hybridized carbons (Fsp3) is 0.500. The van der Waals surface area contributed by atoms with Gasteiger partial charge in [0, 0.05) is 18.7 Å². The molecule has 0 bridgehead atoms. The highest BCUT2D eigenvalue weighted by molar-refractivity contribution is 6.23. The molecular formula is C20H24N4O4. The largest absolute Gasteiger partial charge is 0.385 e. The summed E-state index contributed by atoms with van der Waals surface area (Å²) in [5.41, 5.74) is 1.38. The molecule has 2 fully saturated rings. The third-order valence-electron chi connectivity index (χ3n) is 5.96. The fourth-order valence-corrected chi connectivity index (χ4v) is 4.23. The lowest BCUT2D eigenvalue weighted by Crippen LogP contribution is -2.54. The van der Waals surface area contributed by atoms with Gasteiger partial charge in [-0.1, -0.05) is 6.92 Å². The second kappa shape index (κ2) is 7.35. The van der Waals surface area contributed by atoms with Crippen molar-refractivity contribution in [2.45, 2.75) is 32.2 Å². The Morgan fingerprint density at radius 1 is 1.11 bits per heavy atom. The Morgan fingerprint density at radius 2 is 1.89 bits per heavy atom. The molecule has 3 aliphatic heterocycles. The molecule has 28 heavy (non-hydrogen) atoms. The Hall–Kier alpha value is -2.74. The summed E-state index contributed by atoms with van der Waals surface area (Å²) < 4.78 is 0. The topological polar surface area (TPSA) is 108 Å². The molecule has 2 saturated heterocycles. The van der Waals surface area contributed by atoms with E-state index < -0.39 is 23.8 Å². The first-order valence-corrected chi connectivity index (χ1v) is 9.76. The SMILES string of the molecule is C[C@@H]1CNC[C@H]1CCNc1ccc2c(c1)C(=O)N(C1CCC(=O)NC1=O)C2=O. The minimum absolute atomic E-state index is 0.116. The van der Waals surface area contributed by atoms with Gasteiger partial charge in [-0.05, 0) is 56.0 Å². The van der Waals surface area contributed by atoms with E-state index in [1.807, 2.05) is 0 Å². The van der Waals surface area contributed by atoms with E-state index in [0.717, 1.165) is 36.6 Å². The zero-order valence-corrected chi connectivity index (χ0v) is 15.8. The number of hydrogen-bond acceptors (Lipinski definition) is 6. The number of nitrogens with one attached hydrogen (secondary N) is 3. The predicted octanol–water partition coefficient (Wildman–Crippen LogP) is 0.745. The number of carbonyl (C=O) groups is 4. The van der Waals surface area contributed by atoms with Gasteiger partial charge in [-0.15, -0.1) is 0 Å². The van der Waals surface area contributed by atoms with E-state index in [1.165, 1.54) is 0 Å². The van der Waals surface area contributed by atoms with Gasteiger partial charge in [-0.2, -0.15) is 0 Å². The van der Waals surface area contributed by atoms with Gasteiger partial charge in [-0.25, -0.2) is 0 Å². The number of rotatable bonds is 5. The predicted molar refractivity (Wildman–Crippen MR) is 102 cm³/mol. The zero-order chi connectivity index (χ0) is 19.8. The molecule has 3 atom stereocenters.